The fourth-order valence-electron chi connectivity index (χ4n) is 2.83. The highest BCUT2D eigenvalue weighted by molar-refractivity contribution is 6.42. The van der Waals surface area contributed by atoms with E-state index >= 15 is 0 Å². The molecule has 0 atom stereocenters. The van der Waals surface area contributed by atoms with Gasteiger partial charge in [0.2, 0.25) is 0 Å². The van der Waals surface area contributed by atoms with Gasteiger partial charge in [-0.3, -0.25) is 0 Å². The van der Waals surface area contributed by atoms with Crippen LogP contribution in [-0.4, -0.2) is 11.1 Å². The average Bonchev–Trinajstić information content (AvgIpc) is 2.68. The van der Waals surface area contributed by atoms with Crippen LogP contribution in [0.25, 0.3) is 0 Å². The molecule has 0 fully saturated rings. The number of hydrogen-bond acceptors (Lipinski definition) is 2. The van der Waals surface area contributed by atoms with Gasteiger partial charge in [0.25, 0.3) is 0 Å². The third-order valence-corrected chi connectivity index (χ3v) is 5.09. The van der Waals surface area contributed by atoms with Crippen LogP contribution >= 0.6 is 23.2 Å². The molecular formula is C22H19Cl2NO2. The molecule has 0 saturated carbocycles. The van der Waals surface area contributed by atoms with E-state index in [4.69, 9.17) is 23.2 Å². The molecule has 3 aromatic rings. The molecule has 0 saturated heterocycles. The molecule has 0 heterocycles. The zero-order valence-corrected chi connectivity index (χ0v) is 16.1. The van der Waals surface area contributed by atoms with Crippen LogP contribution in [0.15, 0.2) is 66.7 Å². The number of carboxylic acid groups (broad SMARTS) is 1. The van der Waals surface area contributed by atoms with Crippen LogP contribution in [0.3, 0.4) is 0 Å². The lowest BCUT2D eigenvalue weighted by atomic mass is 10.0. The molecule has 0 aromatic heterocycles. The van der Waals surface area contributed by atoms with Crippen molar-refractivity contribution >= 4 is 34.9 Å². The second kappa shape index (κ2) is 8.94. The third kappa shape index (κ3) is 5.25. The van der Waals surface area contributed by atoms with Gasteiger partial charge >= 0.3 is 5.97 Å². The van der Waals surface area contributed by atoms with Crippen molar-refractivity contribution in [3.05, 3.63) is 99.0 Å². The van der Waals surface area contributed by atoms with Gasteiger partial charge in [-0.1, -0.05) is 65.7 Å². The molecular weight excluding hydrogens is 381 g/mol. The van der Waals surface area contributed by atoms with E-state index in [-0.39, 0.29) is 5.56 Å². The van der Waals surface area contributed by atoms with Gasteiger partial charge in [-0.25, -0.2) is 4.79 Å². The summed E-state index contributed by atoms with van der Waals surface area (Å²) < 4.78 is 0. The Balaban J connectivity index is 1.57. The maximum atomic E-state index is 11.3. The molecule has 0 aliphatic rings. The molecule has 5 heteroatoms. The number of nitrogens with one attached hydrogen (secondary N) is 1. The summed E-state index contributed by atoms with van der Waals surface area (Å²) in [6.45, 7) is 0.567. The fourth-order valence-corrected chi connectivity index (χ4v) is 3.15. The number of hydrogen-bond donors (Lipinski definition) is 2. The number of para-hydroxylation sites is 1. The van der Waals surface area contributed by atoms with Crippen molar-refractivity contribution < 1.29 is 9.90 Å². The summed E-state index contributed by atoms with van der Waals surface area (Å²) in [5.41, 5.74) is 4.37. The Morgan fingerprint density at radius 1 is 0.815 bits per heavy atom. The van der Waals surface area contributed by atoms with E-state index in [1.807, 2.05) is 24.3 Å². The standard InChI is InChI=1S/C22H19Cl2NO2/c23-19-12-11-16(13-20(19)24)8-5-15-6-9-17(10-7-15)14-25-21-4-2-1-3-18(21)22(26)27/h1-4,6-7,9-13,25H,5,8,14H2,(H,26,27). The second-order valence-electron chi connectivity index (χ2n) is 6.27. The monoisotopic (exact) mass is 399 g/mol. The average molecular weight is 400 g/mol. The summed E-state index contributed by atoms with van der Waals surface area (Å²) in [7, 11) is 0. The van der Waals surface area contributed by atoms with Gasteiger partial charge in [0.1, 0.15) is 0 Å². The van der Waals surface area contributed by atoms with Crippen molar-refractivity contribution in [3.8, 4) is 0 Å². The molecule has 3 nitrogen and oxygen atoms in total. The van der Waals surface area contributed by atoms with Crippen molar-refractivity contribution in [3.63, 3.8) is 0 Å². The van der Waals surface area contributed by atoms with E-state index in [0.29, 0.717) is 22.3 Å². The number of anilines is 1. The first-order valence-electron chi connectivity index (χ1n) is 8.61. The van der Waals surface area contributed by atoms with Crippen LogP contribution < -0.4 is 5.32 Å². The van der Waals surface area contributed by atoms with Gasteiger partial charge in [-0.15, -0.1) is 0 Å². The Labute approximate surface area is 168 Å². The smallest absolute Gasteiger partial charge is 0.337 e. The highest BCUT2D eigenvalue weighted by Gasteiger charge is 2.08. The Morgan fingerprint density at radius 3 is 2.15 bits per heavy atom. The molecule has 2 N–H and O–H groups in total. The lowest BCUT2D eigenvalue weighted by Gasteiger charge is -2.10. The third-order valence-electron chi connectivity index (χ3n) is 4.35. The molecule has 27 heavy (non-hydrogen) atoms. The molecule has 3 rings (SSSR count). The highest BCUT2D eigenvalue weighted by Crippen LogP contribution is 2.23. The summed E-state index contributed by atoms with van der Waals surface area (Å²) >= 11 is 12.0. The van der Waals surface area contributed by atoms with Gasteiger partial charge in [-0.2, -0.15) is 0 Å². The number of carbonyl (C=O) groups is 1. The molecule has 138 valence electrons. The topological polar surface area (TPSA) is 49.3 Å². The van der Waals surface area contributed by atoms with Gasteiger partial charge in [-0.05, 0) is 53.8 Å². The quantitative estimate of drug-likeness (QED) is 0.505. The molecule has 0 aliphatic heterocycles. The van der Waals surface area contributed by atoms with Crippen LogP contribution in [0, 0.1) is 0 Å². The number of aryl methyl sites for hydroxylation is 2. The number of rotatable bonds is 7. The Kier molecular flexibility index (Phi) is 6.38. The van der Waals surface area contributed by atoms with E-state index in [9.17, 15) is 9.90 Å². The lowest BCUT2D eigenvalue weighted by Crippen LogP contribution is -2.06. The van der Waals surface area contributed by atoms with E-state index in [1.165, 1.54) is 5.56 Å². The molecule has 0 aliphatic carbocycles. The SMILES string of the molecule is O=C(O)c1ccccc1NCc1ccc(CCc2ccc(Cl)c(Cl)c2)cc1. The first kappa shape index (κ1) is 19.3. The number of benzene rings is 3. The first-order valence-corrected chi connectivity index (χ1v) is 9.36. The Morgan fingerprint density at radius 2 is 1.44 bits per heavy atom. The van der Waals surface area contributed by atoms with Gasteiger partial charge < -0.3 is 10.4 Å². The van der Waals surface area contributed by atoms with Crippen molar-refractivity contribution in [1.82, 2.24) is 0 Å². The van der Waals surface area contributed by atoms with Gasteiger partial charge in [0.05, 0.1) is 15.6 Å². The zero-order chi connectivity index (χ0) is 19.2. The van der Waals surface area contributed by atoms with Crippen LogP contribution in [0.1, 0.15) is 27.0 Å². The van der Waals surface area contributed by atoms with E-state index < -0.39 is 5.97 Å². The maximum Gasteiger partial charge on any atom is 0.337 e. The number of aromatic carboxylic acids is 1. The molecule has 3 aromatic carbocycles. The minimum atomic E-state index is -0.934. The number of carboxylic acids is 1. The Hall–Kier alpha value is -2.49. The molecule has 0 amide bonds. The van der Waals surface area contributed by atoms with Crippen LogP contribution in [0.2, 0.25) is 10.0 Å². The summed E-state index contributed by atoms with van der Waals surface area (Å²) in [6, 6.07) is 20.9. The predicted octanol–water partition coefficient (Wildman–Crippen LogP) is 6.09. The van der Waals surface area contributed by atoms with E-state index in [1.54, 1.807) is 18.2 Å². The zero-order valence-electron chi connectivity index (χ0n) is 14.6. The van der Waals surface area contributed by atoms with Crippen LogP contribution in [0.5, 0.6) is 0 Å². The normalized spacial score (nSPS) is 10.6. The minimum Gasteiger partial charge on any atom is -0.478 e. The lowest BCUT2D eigenvalue weighted by molar-refractivity contribution is 0.0698. The second-order valence-corrected chi connectivity index (χ2v) is 7.08. The van der Waals surface area contributed by atoms with Crippen molar-refractivity contribution in [2.24, 2.45) is 0 Å². The van der Waals surface area contributed by atoms with Crippen molar-refractivity contribution in [2.45, 2.75) is 19.4 Å². The fraction of sp³-hybridized carbons (Fsp3) is 0.136. The highest BCUT2D eigenvalue weighted by atomic mass is 35.5. The predicted molar refractivity (Wildman–Crippen MR) is 111 cm³/mol. The summed E-state index contributed by atoms with van der Waals surface area (Å²) in [5, 5.41) is 13.6. The molecule has 0 radical (unpaired) electrons. The number of halogens is 2. The molecule has 0 unspecified atom stereocenters. The molecule has 0 spiro atoms. The van der Waals surface area contributed by atoms with E-state index in [2.05, 4.69) is 29.6 Å². The van der Waals surface area contributed by atoms with Crippen molar-refractivity contribution in [1.29, 1.82) is 0 Å². The van der Waals surface area contributed by atoms with E-state index in [0.717, 1.165) is 24.0 Å². The van der Waals surface area contributed by atoms with Gasteiger partial charge in [0.15, 0.2) is 0 Å². The summed E-state index contributed by atoms with van der Waals surface area (Å²) in [5.74, 6) is -0.934. The van der Waals surface area contributed by atoms with Crippen LogP contribution in [0.4, 0.5) is 5.69 Å². The Bertz CT molecular complexity index is 939. The van der Waals surface area contributed by atoms with Gasteiger partial charge in [0, 0.05) is 12.2 Å². The van der Waals surface area contributed by atoms with Crippen molar-refractivity contribution in [2.75, 3.05) is 5.32 Å². The molecule has 0 bridgehead atoms. The summed E-state index contributed by atoms with van der Waals surface area (Å²) in [4.78, 5) is 11.3. The largest absolute Gasteiger partial charge is 0.478 e. The maximum absolute atomic E-state index is 11.3. The van der Waals surface area contributed by atoms with Crippen LogP contribution in [-0.2, 0) is 19.4 Å². The summed E-state index contributed by atoms with van der Waals surface area (Å²) in [6.07, 6.45) is 1.80. The first-order chi connectivity index (χ1) is 13.0. The minimum absolute atomic E-state index is 0.274.